The van der Waals surface area contributed by atoms with E-state index in [2.05, 4.69) is 60.9 Å². The van der Waals surface area contributed by atoms with Crippen molar-refractivity contribution < 1.29 is 0 Å². The SMILES string of the molecule is CC(C)C(C)CN1CC2CCCN2CC1c1ccccc1. The monoisotopic (exact) mass is 286 g/mol. The highest BCUT2D eigenvalue weighted by atomic mass is 15.3. The molecule has 0 aliphatic carbocycles. The Morgan fingerprint density at radius 3 is 2.57 bits per heavy atom. The molecule has 0 spiro atoms. The molecule has 116 valence electrons. The van der Waals surface area contributed by atoms with Crippen molar-refractivity contribution in [2.24, 2.45) is 11.8 Å². The van der Waals surface area contributed by atoms with Crippen molar-refractivity contribution in [3.8, 4) is 0 Å². The molecule has 0 amide bonds. The third-order valence-electron chi connectivity index (χ3n) is 5.64. The highest BCUT2D eigenvalue weighted by Crippen LogP contribution is 2.33. The van der Waals surface area contributed by atoms with Crippen LogP contribution in [0.15, 0.2) is 30.3 Å². The summed E-state index contributed by atoms with van der Waals surface area (Å²) in [6, 6.07) is 12.5. The van der Waals surface area contributed by atoms with Crippen molar-refractivity contribution in [1.29, 1.82) is 0 Å². The molecule has 1 aromatic rings. The first-order valence-corrected chi connectivity index (χ1v) is 8.68. The maximum Gasteiger partial charge on any atom is 0.0476 e. The molecule has 2 heterocycles. The fourth-order valence-corrected chi connectivity index (χ4v) is 3.85. The maximum atomic E-state index is 2.77. The molecule has 2 fully saturated rings. The van der Waals surface area contributed by atoms with Crippen LogP contribution in [0.3, 0.4) is 0 Å². The number of nitrogens with zero attached hydrogens (tertiary/aromatic N) is 2. The summed E-state index contributed by atoms with van der Waals surface area (Å²) < 4.78 is 0. The van der Waals surface area contributed by atoms with Crippen LogP contribution in [-0.2, 0) is 0 Å². The van der Waals surface area contributed by atoms with E-state index in [1.807, 2.05) is 0 Å². The van der Waals surface area contributed by atoms with Crippen molar-refractivity contribution >= 4 is 0 Å². The van der Waals surface area contributed by atoms with Crippen LogP contribution in [-0.4, -0.2) is 42.0 Å². The Balaban J connectivity index is 1.79. The summed E-state index contributed by atoms with van der Waals surface area (Å²) in [6.45, 7) is 12.1. The molecule has 2 saturated heterocycles. The van der Waals surface area contributed by atoms with E-state index in [1.165, 1.54) is 44.6 Å². The fraction of sp³-hybridized carbons (Fsp3) is 0.684. The third kappa shape index (κ3) is 3.32. The second-order valence-electron chi connectivity index (χ2n) is 7.39. The van der Waals surface area contributed by atoms with E-state index < -0.39 is 0 Å². The molecule has 0 saturated carbocycles. The van der Waals surface area contributed by atoms with Gasteiger partial charge in [0.15, 0.2) is 0 Å². The van der Waals surface area contributed by atoms with Crippen LogP contribution in [0.1, 0.15) is 45.2 Å². The predicted octanol–water partition coefficient (Wildman–Crippen LogP) is 3.80. The molecule has 3 unspecified atom stereocenters. The summed E-state index contributed by atoms with van der Waals surface area (Å²) in [4.78, 5) is 5.50. The van der Waals surface area contributed by atoms with E-state index in [-0.39, 0.29) is 0 Å². The third-order valence-corrected chi connectivity index (χ3v) is 5.64. The van der Waals surface area contributed by atoms with Crippen molar-refractivity contribution in [3.63, 3.8) is 0 Å². The average molecular weight is 286 g/mol. The van der Waals surface area contributed by atoms with E-state index in [0.29, 0.717) is 6.04 Å². The van der Waals surface area contributed by atoms with E-state index in [0.717, 1.165) is 17.9 Å². The van der Waals surface area contributed by atoms with E-state index in [4.69, 9.17) is 0 Å². The van der Waals surface area contributed by atoms with E-state index in [9.17, 15) is 0 Å². The first kappa shape index (κ1) is 15.1. The number of hydrogen-bond donors (Lipinski definition) is 0. The van der Waals surface area contributed by atoms with Gasteiger partial charge >= 0.3 is 0 Å². The molecular formula is C19H30N2. The van der Waals surface area contributed by atoms with Crippen LogP contribution >= 0.6 is 0 Å². The maximum absolute atomic E-state index is 2.77. The van der Waals surface area contributed by atoms with Crippen LogP contribution in [0.2, 0.25) is 0 Å². The lowest BCUT2D eigenvalue weighted by Crippen LogP contribution is -2.52. The number of hydrogen-bond acceptors (Lipinski definition) is 2. The lowest BCUT2D eigenvalue weighted by Gasteiger charge is -2.45. The Hall–Kier alpha value is -0.860. The van der Waals surface area contributed by atoms with Gasteiger partial charge in [-0.3, -0.25) is 9.80 Å². The zero-order chi connectivity index (χ0) is 14.8. The minimum absolute atomic E-state index is 0.585. The zero-order valence-corrected chi connectivity index (χ0v) is 13.8. The van der Waals surface area contributed by atoms with Gasteiger partial charge in [-0.15, -0.1) is 0 Å². The first-order valence-electron chi connectivity index (χ1n) is 8.68. The lowest BCUT2D eigenvalue weighted by molar-refractivity contribution is 0.0361. The smallest absolute Gasteiger partial charge is 0.0476 e. The van der Waals surface area contributed by atoms with Crippen molar-refractivity contribution in [3.05, 3.63) is 35.9 Å². The fourth-order valence-electron chi connectivity index (χ4n) is 3.85. The molecule has 2 aliphatic heterocycles. The zero-order valence-electron chi connectivity index (χ0n) is 13.8. The molecule has 3 rings (SSSR count). The van der Waals surface area contributed by atoms with Crippen molar-refractivity contribution in [2.45, 2.75) is 45.7 Å². The summed E-state index contributed by atoms with van der Waals surface area (Å²) >= 11 is 0. The quantitative estimate of drug-likeness (QED) is 0.830. The van der Waals surface area contributed by atoms with E-state index in [1.54, 1.807) is 0 Å². The van der Waals surface area contributed by atoms with Crippen LogP contribution in [0, 0.1) is 11.8 Å². The number of piperazine rings is 1. The van der Waals surface area contributed by atoms with Gasteiger partial charge in [-0.2, -0.15) is 0 Å². The summed E-state index contributed by atoms with van der Waals surface area (Å²) in [6.07, 6.45) is 2.79. The second kappa shape index (κ2) is 6.50. The summed E-state index contributed by atoms with van der Waals surface area (Å²) in [5.74, 6) is 1.53. The predicted molar refractivity (Wildman–Crippen MR) is 89.4 cm³/mol. The molecule has 2 aliphatic rings. The molecule has 0 aromatic heterocycles. The van der Waals surface area contributed by atoms with Gasteiger partial charge in [0, 0.05) is 31.7 Å². The van der Waals surface area contributed by atoms with Crippen LogP contribution in [0.5, 0.6) is 0 Å². The molecule has 21 heavy (non-hydrogen) atoms. The van der Waals surface area contributed by atoms with Gasteiger partial charge in [0.2, 0.25) is 0 Å². The minimum Gasteiger partial charge on any atom is -0.297 e. The Morgan fingerprint density at radius 1 is 1.10 bits per heavy atom. The standard InChI is InChI=1S/C19H30N2/c1-15(2)16(3)12-21-13-18-10-7-11-20(18)14-19(21)17-8-5-4-6-9-17/h4-6,8-9,15-16,18-19H,7,10-14H2,1-3H3. The Bertz CT molecular complexity index is 440. The summed E-state index contributed by atoms with van der Waals surface area (Å²) in [5, 5.41) is 0. The molecule has 3 atom stereocenters. The largest absolute Gasteiger partial charge is 0.297 e. The van der Waals surface area contributed by atoms with Gasteiger partial charge < -0.3 is 0 Å². The molecule has 0 bridgehead atoms. The Morgan fingerprint density at radius 2 is 1.86 bits per heavy atom. The first-order chi connectivity index (χ1) is 10.1. The molecule has 2 nitrogen and oxygen atoms in total. The molecule has 0 radical (unpaired) electrons. The summed E-state index contributed by atoms with van der Waals surface area (Å²) in [5.41, 5.74) is 1.50. The van der Waals surface area contributed by atoms with Crippen LogP contribution in [0.25, 0.3) is 0 Å². The Kier molecular flexibility index (Phi) is 4.66. The van der Waals surface area contributed by atoms with Crippen molar-refractivity contribution in [1.82, 2.24) is 9.80 Å². The molecule has 0 N–H and O–H groups in total. The van der Waals surface area contributed by atoms with Gasteiger partial charge in [-0.25, -0.2) is 0 Å². The summed E-state index contributed by atoms with van der Waals surface area (Å²) in [7, 11) is 0. The number of benzene rings is 1. The Labute approximate surface area is 130 Å². The van der Waals surface area contributed by atoms with E-state index >= 15 is 0 Å². The lowest BCUT2D eigenvalue weighted by atomic mass is 9.93. The molecule has 1 aromatic carbocycles. The van der Waals surface area contributed by atoms with Gasteiger partial charge in [-0.05, 0) is 36.8 Å². The van der Waals surface area contributed by atoms with Gasteiger partial charge in [0.25, 0.3) is 0 Å². The normalized spacial score (nSPS) is 28.8. The highest BCUT2D eigenvalue weighted by Gasteiger charge is 2.37. The van der Waals surface area contributed by atoms with Gasteiger partial charge in [-0.1, -0.05) is 51.1 Å². The van der Waals surface area contributed by atoms with Crippen LogP contribution < -0.4 is 0 Å². The molecule has 2 heteroatoms. The van der Waals surface area contributed by atoms with Crippen molar-refractivity contribution in [2.75, 3.05) is 26.2 Å². The van der Waals surface area contributed by atoms with Gasteiger partial charge in [0.05, 0.1) is 0 Å². The molecular weight excluding hydrogens is 256 g/mol. The highest BCUT2D eigenvalue weighted by molar-refractivity contribution is 5.20. The van der Waals surface area contributed by atoms with Crippen LogP contribution in [0.4, 0.5) is 0 Å². The second-order valence-corrected chi connectivity index (χ2v) is 7.39. The number of fused-ring (bicyclic) bond motifs is 1. The average Bonchev–Trinajstić information content (AvgIpc) is 2.94. The minimum atomic E-state index is 0.585. The number of rotatable bonds is 4. The van der Waals surface area contributed by atoms with Gasteiger partial charge in [0.1, 0.15) is 0 Å². The topological polar surface area (TPSA) is 6.48 Å².